The summed E-state index contributed by atoms with van der Waals surface area (Å²) < 4.78 is 5.06. The number of hydrogen-bond donors (Lipinski definition) is 2. The van der Waals surface area contributed by atoms with Crippen molar-refractivity contribution in [1.29, 1.82) is 0 Å². The molecule has 1 rings (SSSR count). The average molecular weight is 271 g/mol. The third kappa shape index (κ3) is 6.02. The van der Waals surface area contributed by atoms with Crippen LogP contribution < -0.4 is 10.6 Å². The highest BCUT2D eigenvalue weighted by Crippen LogP contribution is 2.15. The van der Waals surface area contributed by atoms with E-state index in [-0.39, 0.29) is 0 Å². The molecule has 0 aliphatic carbocycles. The fraction of sp³-hybridized carbons (Fsp3) is 0.846. The number of carbonyl (C=O) groups is 2. The normalized spacial score (nSPS) is 17.2. The van der Waals surface area contributed by atoms with Crippen LogP contribution in [0, 0.1) is 5.92 Å². The number of piperidine rings is 1. The SMILES string of the molecule is CCNC(=O)C(=O)NCC1CCN(CCOC)CC1. The van der Waals surface area contributed by atoms with Crippen molar-refractivity contribution in [2.24, 2.45) is 5.92 Å². The zero-order chi connectivity index (χ0) is 14.1. The second kappa shape index (κ2) is 8.87. The van der Waals surface area contributed by atoms with Crippen LogP contribution >= 0.6 is 0 Å². The lowest BCUT2D eigenvalue weighted by atomic mass is 9.97. The molecule has 1 aliphatic heterocycles. The molecule has 0 radical (unpaired) electrons. The molecule has 0 unspecified atom stereocenters. The van der Waals surface area contributed by atoms with E-state index < -0.39 is 11.8 Å². The van der Waals surface area contributed by atoms with E-state index in [2.05, 4.69) is 15.5 Å². The molecule has 2 amide bonds. The van der Waals surface area contributed by atoms with E-state index >= 15 is 0 Å². The molecule has 1 aliphatic rings. The Bertz CT molecular complexity index is 289. The number of amides is 2. The summed E-state index contributed by atoms with van der Waals surface area (Å²) in [5.41, 5.74) is 0. The van der Waals surface area contributed by atoms with E-state index in [1.165, 1.54) is 0 Å². The van der Waals surface area contributed by atoms with E-state index in [9.17, 15) is 9.59 Å². The number of rotatable bonds is 6. The van der Waals surface area contributed by atoms with Crippen molar-refractivity contribution in [3.05, 3.63) is 0 Å². The molecule has 0 bridgehead atoms. The second-order valence-electron chi connectivity index (χ2n) is 4.85. The lowest BCUT2D eigenvalue weighted by Crippen LogP contribution is -2.44. The Morgan fingerprint density at radius 3 is 2.42 bits per heavy atom. The second-order valence-corrected chi connectivity index (χ2v) is 4.85. The molecule has 1 heterocycles. The molecule has 2 N–H and O–H groups in total. The van der Waals surface area contributed by atoms with Crippen LogP contribution in [0.5, 0.6) is 0 Å². The molecule has 0 aromatic rings. The van der Waals surface area contributed by atoms with Gasteiger partial charge in [0.15, 0.2) is 0 Å². The van der Waals surface area contributed by atoms with Gasteiger partial charge in [-0.3, -0.25) is 9.59 Å². The van der Waals surface area contributed by atoms with Crippen molar-refractivity contribution in [2.45, 2.75) is 19.8 Å². The number of hydrogen-bond acceptors (Lipinski definition) is 4. The van der Waals surface area contributed by atoms with Crippen molar-refractivity contribution < 1.29 is 14.3 Å². The molecule has 0 atom stereocenters. The van der Waals surface area contributed by atoms with Crippen LogP contribution in [0.1, 0.15) is 19.8 Å². The first-order chi connectivity index (χ1) is 9.17. The van der Waals surface area contributed by atoms with Gasteiger partial charge in [-0.2, -0.15) is 0 Å². The van der Waals surface area contributed by atoms with Crippen LogP contribution in [0.15, 0.2) is 0 Å². The Kier molecular flexibility index (Phi) is 7.43. The van der Waals surface area contributed by atoms with Gasteiger partial charge in [0, 0.05) is 26.7 Å². The van der Waals surface area contributed by atoms with E-state index in [0.29, 0.717) is 19.0 Å². The third-order valence-electron chi connectivity index (χ3n) is 3.41. The van der Waals surface area contributed by atoms with Crippen molar-refractivity contribution in [3.63, 3.8) is 0 Å². The lowest BCUT2D eigenvalue weighted by Gasteiger charge is -2.31. The van der Waals surface area contributed by atoms with Gasteiger partial charge in [-0.05, 0) is 38.8 Å². The highest BCUT2D eigenvalue weighted by Gasteiger charge is 2.20. The third-order valence-corrected chi connectivity index (χ3v) is 3.41. The molecule has 1 saturated heterocycles. The monoisotopic (exact) mass is 271 g/mol. The Balaban J connectivity index is 2.15. The Morgan fingerprint density at radius 2 is 1.84 bits per heavy atom. The van der Waals surface area contributed by atoms with Gasteiger partial charge in [-0.1, -0.05) is 0 Å². The predicted octanol–water partition coefficient (Wildman–Crippen LogP) is -0.403. The first kappa shape index (κ1) is 15.9. The molecular formula is C13H25N3O3. The van der Waals surface area contributed by atoms with Gasteiger partial charge in [0.1, 0.15) is 0 Å². The minimum absolute atomic E-state index is 0.470. The van der Waals surface area contributed by atoms with Gasteiger partial charge in [0.25, 0.3) is 0 Å². The van der Waals surface area contributed by atoms with Gasteiger partial charge >= 0.3 is 11.8 Å². The molecule has 1 fully saturated rings. The fourth-order valence-corrected chi connectivity index (χ4v) is 2.19. The Morgan fingerprint density at radius 1 is 1.21 bits per heavy atom. The van der Waals surface area contributed by atoms with Crippen LogP contribution in [0.2, 0.25) is 0 Å². The van der Waals surface area contributed by atoms with Gasteiger partial charge < -0.3 is 20.3 Å². The number of carbonyl (C=O) groups excluding carboxylic acids is 2. The highest BCUT2D eigenvalue weighted by atomic mass is 16.5. The highest BCUT2D eigenvalue weighted by molar-refractivity contribution is 6.35. The maximum absolute atomic E-state index is 11.4. The predicted molar refractivity (Wildman–Crippen MR) is 72.7 cm³/mol. The number of likely N-dealkylation sites (N-methyl/N-ethyl adjacent to an activating group) is 1. The fourth-order valence-electron chi connectivity index (χ4n) is 2.19. The van der Waals surface area contributed by atoms with Gasteiger partial charge in [-0.25, -0.2) is 0 Å². The van der Waals surface area contributed by atoms with Gasteiger partial charge in [0.05, 0.1) is 6.61 Å². The van der Waals surface area contributed by atoms with Crippen LogP contribution in [-0.2, 0) is 14.3 Å². The smallest absolute Gasteiger partial charge is 0.309 e. The van der Waals surface area contributed by atoms with Crippen molar-refractivity contribution in [1.82, 2.24) is 15.5 Å². The van der Waals surface area contributed by atoms with E-state index in [1.54, 1.807) is 14.0 Å². The standard InChI is InChI=1S/C13H25N3O3/c1-3-14-12(17)13(18)15-10-11-4-6-16(7-5-11)8-9-19-2/h11H,3-10H2,1-2H3,(H,14,17)(H,15,18). The summed E-state index contributed by atoms with van der Waals surface area (Å²) in [5, 5.41) is 5.19. The minimum atomic E-state index is -0.542. The summed E-state index contributed by atoms with van der Waals surface area (Å²) in [6.45, 7) is 6.66. The van der Waals surface area contributed by atoms with Crippen molar-refractivity contribution >= 4 is 11.8 Å². The van der Waals surface area contributed by atoms with Crippen LogP contribution in [0.3, 0.4) is 0 Å². The topological polar surface area (TPSA) is 70.7 Å². The molecule has 0 saturated carbocycles. The summed E-state index contributed by atoms with van der Waals surface area (Å²) >= 11 is 0. The average Bonchev–Trinajstić information content (AvgIpc) is 2.43. The van der Waals surface area contributed by atoms with Crippen LogP contribution in [-0.4, -0.2) is 63.2 Å². The summed E-state index contributed by atoms with van der Waals surface area (Å²) in [6, 6.07) is 0. The number of methoxy groups -OCH3 is 1. The summed E-state index contributed by atoms with van der Waals surface area (Å²) in [7, 11) is 1.71. The minimum Gasteiger partial charge on any atom is -0.383 e. The number of likely N-dealkylation sites (tertiary alicyclic amines) is 1. The molecule has 0 aromatic carbocycles. The first-order valence-electron chi connectivity index (χ1n) is 6.94. The first-order valence-corrected chi connectivity index (χ1v) is 6.94. The number of nitrogens with zero attached hydrogens (tertiary/aromatic N) is 1. The molecule has 0 spiro atoms. The molecule has 6 nitrogen and oxygen atoms in total. The summed E-state index contributed by atoms with van der Waals surface area (Å²) in [4.78, 5) is 25.0. The largest absolute Gasteiger partial charge is 0.383 e. The molecule has 110 valence electrons. The van der Waals surface area contributed by atoms with Gasteiger partial charge in [0.2, 0.25) is 0 Å². The van der Waals surface area contributed by atoms with E-state index in [0.717, 1.165) is 39.1 Å². The Hall–Kier alpha value is -1.14. The van der Waals surface area contributed by atoms with E-state index in [1.807, 2.05) is 0 Å². The quantitative estimate of drug-likeness (QED) is 0.645. The van der Waals surface area contributed by atoms with Crippen LogP contribution in [0.4, 0.5) is 0 Å². The number of ether oxygens (including phenoxy) is 1. The van der Waals surface area contributed by atoms with Crippen LogP contribution in [0.25, 0.3) is 0 Å². The lowest BCUT2D eigenvalue weighted by molar-refractivity contribution is -0.139. The number of nitrogens with one attached hydrogen (secondary N) is 2. The zero-order valence-electron chi connectivity index (χ0n) is 11.9. The van der Waals surface area contributed by atoms with Crippen molar-refractivity contribution in [2.75, 3.05) is 46.4 Å². The Labute approximate surface area is 114 Å². The maximum atomic E-state index is 11.4. The zero-order valence-corrected chi connectivity index (χ0v) is 11.9. The molecular weight excluding hydrogens is 246 g/mol. The van der Waals surface area contributed by atoms with Crippen molar-refractivity contribution in [3.8, 4) is 0 Å². The molecule has 6 heteroatoms. The molecule has 19 heavy (non-hydrogen) atoms. The summed E-state index contributed by atoms with van der Waals surface area (Å²) in [6.07, 6.45) is 2.11. The van der Waals surface area contributed by atoms with Gasteiger partial charge in [-0.15, -0.1) is 0 Å². The molecule has 0 aromatic heterocycles. The maximum Gasteiger partial charge on any atom is 0.309 e. The summed E-state index contributed by atoms with van der Waals surface area (Å²) in [5.74, 6) is -0.596. The van der Waals surface area contributed by atoms with E-state index in [4.69, 9.17) is 4.74 Å².